The van der Waals surface area contributed by atoms with Crippen molar-refractivity contribution in [3.8, 4) is 0 Å². The number of hydrogen-bond acceptors (Lipinski definition) is 2. The molecule has 0 aromatic heterocycles. The number of benzene rings is 1. The van der Waals surface area contributed by atoms with E-state index in [-0.39, 0.29) is 5.91 Å². The summed E-state index contributed by atoms with van der Waals surface area (Å²) < 4.78 is 0. The summed E-state index contributed by atoms with van der Waals surface area (Å²) in [6.45, 7) is 4.94. The molecule has 1 aromatic rings. The molecular weight excluding hydrogens is 248 g/mol. The molecule has 0 spiro atoms. The zero-order chi connectivity index (χ0) is 14.5. The first-order valence-electron chi connectivity index (χ1n) is 7.81. The standard InChI is InChI=1S/C17H26N2O/c1-3-13-7-5-6-8-16(13)17(20)19(4-2)15-11-9-14(18)10-12-15/h5-8,14-15H,3-4,9-12,18H2,1-2H3. The Bertz CT molecular complexity index is 450. The molecule has 1 fully saturated rings. The molecule has 0 radical (unpaired) electrons. The Balaban J connectivity index is 2.16. The van der Waals surface area contributed by atoms with Gasteiger partial charge in [0.2, 0.25) is 0 Å². The molecule has 110 valence electrons. The van der Waals surface area contributed by atoms with Gasteiger partial charge in [0.1, 0.15) is 0 Å². The van der Waals surface area contributed by atoms with E-state index in [9.17, 15) is 4.79 Å². The Hall–Kier alpha value is -1.35. The van der Waals surface area contributed by atoms with Gasteiger partial charge in [-0.3, -0.25) is 4.79 Å². The molecule has 3 nitrogen and oxygen atoms in total. The fourth-order valence-corrected chi connectivity index (χ4v) is 3.17. The highest BCUT2D eigenvalue weighted by Crippen LogP contribution is 2.24. The van der Waals surface area contributed by atoms with Crippen molar-refractivity contribution < 1.29 is 4.79 Å². The number of rotatable bonds is 4. The van der Waals surface area contributed by atoms with Gasteiger partial charge in [0.05, 0.1) is 0 Å². The highest BCUT2D eigenvalue weighted by Gasteiger charge is 2.27. The second-order valence-corrected chi connectivity index (χ2v) is 5.67. The second-order valence-electron chi connectivity index (χ2n) is 5.67. The molecule has 0 saturated heterocycles. The maximum atomic E-state index is 12.8. The third-order valence-electron chi connectivity index (χ3n) is 4.41. The van der Waals surface area contributed by atoms with Crippen LogP contribution in [0.3, 0.4) is 0 Å². The lowest BCUT2D eigenvalue weighted by molar-refractivity contribution is 0.0639. The van der Waals surface area contributed by atoms with Gasteiger partial charge in [0.25, 0.3) is 5.91 Å². The third-order valence-corrected chi connectivity index (χ3v) is 4.41. The van der Waals surface area contributed by atoms with Crippen LogP contribution in [0.25, 0.3) is 0 Å². The van der Waals surface area contributed by atoms with E-state index in [4.69, 9.17) is 5.73 Å². The molecule has 2 N–H and O–H groups in total. The number of nitrogens with two attached hydrogens (primary N) is 1. The molecule has 0 unspecified atom stereocenters. The van der Waals surface area contributed by atoms with Crippen molar-refractivity contribution >= 4 is 5.91 Å². The number of aryl methyl sites for hydroxylation is 1. The summed E-state index contributed by atoms with van der Waals surface area (Å²) in [6, 6.07) is 8.65. The normalized spacial score (nSPS) is 22.6. The Morgan fingerprint density at radius 3 is 2.45 bits per heavy atom. The van der Waals surface area contributed by atoms with Crippen LogP contribution in [-0.2, 0) is 6.42 Å². The minimum Gasteiger partial charge on any atom is -0.336 e. The quantitative estimate of drug-likeness (QED) is 0.917. The predicted molar refractivity (Wildman–Crippen MR) is 82.8 cm³/mol. The summed E-state index contributed by atoms with van der Waals surface area (Å²) in [7, 11) is 0. The van der Waals surface area contributed by atoms with E-state index >= 15 is 0 Å². The van der Waals surface area contributed by atoms with E-state index < -0.39 is 0 Å². The zero-order valence-electron chi connectivity index (χ0n) is 12.6. The fourth-order valence-electron chi connectivity index (χ4n) is 3.17. The van der Waals surface area contributed by atoms with E-state index in [1.54, 1.807) is 0 Å². The second kappa shape index (κ2) is 6.89. The molecule has 1 aliphatic carbocycles. The predicted octanol–water partition coefficient (Wildman–Crippen LogP) is 2.98. The van der Waals surface area contributed by atoms with Crippen molar-refractivity contribution in [3.63, 3.8) is 0 Å². The van der Waals surface area contributed by atoms with Crippen LogP contribution in [0.4, 0.5) is 0 Å². The summed E-state index contributed by atoms with van der Waals surface area (Å²) in [5.41, 5.74) is 7.98. The van der Waals surface area contributed by atoms with Crippen LogP contribution in [0.15, 0.2) is 24.3 Å². The van der Waals surface area contributed by atoms with Gasteiger partial charge in [0, 0.05) is 24.2 Å². The van der Waals surface area contributed by atoms with Gasteiger partial charge in [-0.2, -0.15) is 0 Å². The van der Waals surface area contributed by atoms with Crippen molar-refractivity contribution in [3.05, 3.63) is 35.4 Å². The lowest BCUT2D eigenvalue weighted by Gasteiger charge is -2.35. The number of hydrogen-bond donors (Lipinski definition) is 1. The van der Waals surface area contributed by atoms with Crippen molar-refractivity contribution in [1.29, 1.82) is 0 Å². The van der Waals surface area contributed by atoms with Gasteiger partial charge in [0.15, 0.2) is 0 Å². The number of carbonyl (C=O) groups excluding carboxylic acids is 1. The lowest BCUT2D eigenvalue weighted by Crippen LogP contribution is -2.44. The molecule has 1 aromatic carbocycles. The maximum absolute atomic E-state index is 12.8. The Morgan fingerprint density at radius 1 is 1.20 bits per heavy atom. The number of nitrogens with zero attached hydrogens (tertiary/aromatic N) is 1. The van der Waals surface area contributed by atoms with Gasteiger partial charge in [-0.25, -0.2) is 0 Å². The zero-order valence-corrected chi connectivity index (χ0v) is 12.6. The fraction of sp³-hybridized carbons (Fsp3) is 0.588. The first-order chi connectivity index (χ1) is 9.67. The maximum Gasteiger partial charge on any atom is 0.254 e. The van der Waals surface area contributed by atoms with Crippen molar-refractivity contribution in [2.24, 2.45) is 5.73 Å². The van der Waals surface area contributed by atoms with Crippen LogP contribution < -0.4 is 5.73 Å². The van der Waals surface area contributed by atoms with E-state index in [2.05, 4.69) is 19.9 Å². The smallest absolute Gasteiger partial charge is 0.254 e. The molecule has 0 heterocycles. The van der Waals surface area contributed by atoms with Gasteiger partial charge >= 0.3 is 0 Å². The van der Waals surface area contributed by atoms with Crippen LogP contribution in [0, 0.1) is 0 Å². The molecular formula is C17H26N2O. The van der Waals surface area contributed by atoms with Crippen LogP contribution >= 0.6 is 0 Å². The summed E-state index contributed by atoms with van der Waals surface area (Å²) in [6.07, 6.45) is 5.03. The van der Waals surface area contributed by atoms with E-state index in [1.165, 1.54) is 0 Å². The monoisotopic (exact) mass is 274 g/mol. The average molecular weight is 274 g/mol. The van der Waals surface area contributed by atoms with Gasteiger partial charge < -0.3 is 10.6 Å². The largest absolute Gasteiger partial charge is 0.336 e. The van der Waals surface area contributed by atoms with Gasteiger partial charge in [-0.05, 0) is 50.7 Å². The van der Waals surface area contributed by atoms with Crippen LogP contribution in [0.2, 0.25) is 0 Å². The lowest BCUT2D eigenvalue weighted by atomic mass is 9.90. The Morgan fingerprint density at radius 2 is 1.85 bits per heavy atom. The molecule has 20 heavy (non-hydrogen) atoms. The summed E-state index contributed by atoms with van der Waals surface area (Å²) in [5.74, 6) is 0.186. The molecule has 0 bridgehead atoms. The minimum absolute atomic E-state index is 0.186. The summed E-state index contributed by atoms with van der Waals surface area (Å²) in [4.78, 5) is 14.9. The van der Waals surface area contributed by atoms with Crippen LogP contribution in [0.5, 0.6) is 0 Å². The Kier molecular flexibility index (Phi) is 5.18. The van der Waals surface area contributed by atoms with Crippen LogP contribution in [0.1, 0.15) is 55.5 Å². The molecule has 1 saturated carbocycles. The van der Waals surface area contributed by atoms with Crippen molar-refractivity contribution in [2.45, 2.75) is 58.0 Å². The molecule has 1 aliphatic rings. The highest BCUT2D eigenvalue weighted by atomic mass is 16.2. The first-order valence-corrected chi connectivity index (χ1v) is 7.81. The van der Waals surface area contributed by atoms with Crippen molar-refractivity contribution in [2.75, 3.05) is 6.54 Å². The van der Waals surface area contributed by atoms with Crippen LogP contribution in [-0.4, -0.2) is 29.4 Å². The van der Waals surface area contributed by atoms with Crippen molar-refractivity contribution in [1.82, 2.24) is 4.90 Å². The van der Waals surface area contributed by atoms with Gasteiger partial charge in [-0.1, -0.05) is 25.1 Å². The molecule has 0 aliphatic heterocycles. The molecule has 3 heteroatoms. The first kappa shape index (κ1) is 15.0. The minimum atomic E-state index is 0.186. The summed E-state index contributed by atoms with van der Waals surface area (Å²) >= 11 is 0. The van der Waals surface area contributed by atoms with E-state index in [0.717, 1.165) is 49.8 Å². The summed E-state index contributed by atoms with van der Waals surface area (Å²) in [5, 5.41) is 0. The highest BCUT2D eigenvalue weighted by molar-refractivity contribution is 5.95. The Labute approximate surface area is 122 Å². The number of carbonyl (C=O) groups is 1. The molecule has 1 amide bonds. The number of amides is 1. The SMILES string of the molecule is CCc1ccccc1C(=O)N(CC)C1CCC(N)CC1. The van der Waals surface area contributed by atoms with Gasteiger partial charge in [-0.15, -0.1) is 0 Å². The average Bonchev–Trinajstić information content (AvgIpc) is 2.49. The third kappa shape index (κ3) is 3.21. The van der Waals surface area contributed by atoms with E-state index in [1.807, 2.05) is 23.1 Å². The van der Waals surface area contributed by atoms with E-state index in [0.29, 0.717) is 12.1 Å². The molecule has 0 atom stereocenters. The molecule has 2 rings (SSSR count). The topological polar surface area (TPSA) is 46.3 Å².